The minimum Gasteiger partial charge on any atom is -0.444 e. The molecule has 1 amide bonds. The molecule has 5 heteroatoms. The molecule has 2 aliphatic heterocycles. The van der Waals surface area contributed by atoms with Gasteiger partial charge in [0.1, 0.15) is 5.60 Å². The minimum absolute atomic E-state index is 0.106. The van der Waals surface area contributed by atoms with Crippen molar-refractivity contribution in [2.75, 3.05) is 0 Å². The summed E-state index contributed by atoms with van der Waals surface area (Å²) in [7, 11) is 0. The summed E-state index contributed by atoms with van der Waals surface area (Å²) < 4.78 is 5.59. The number of carbonyl (C=O) groups excluding carboxylic acids is 2. The Hall–Kier alpha value is -1.62. The number of thiophene rings is 1. The molecule has 3 heterocycles. The van der Waals surface area contributed by atoms with Crippen molar-refractivity contribution in [3.8, 4) is 0 Å². The van der Waals surface area contributed by atoms with Gasteiger partial charge in [0.15, 0.2) is 6.29 Å². The highest BCUT2D eigenvalue weighted by molar-refractivity contribution is 7.14. The smallest absolute Gasteiger partial charge is 0.411 e. The second kappa shape index (κ2) is 6.11. The lowest BCUT2D eigenvalue weighted by atomic mass is 9.85. The van der Waals surface area contributed by atoms with Gasteiger partial charge in [-0.05, 0) is 64.2 Å². The average molecular weight is 333 g/mol. The summed E-state index contributed by atoms with van der Waals surface area (Å²) in [4.78, 5) is 27.3. The maximum atomic E-state index is 12.6. The van der Waals surface area contributed by atoms with Crippen LogP contribution in [0.5, 0.6) is 0 Å². The zero-order valence-corrected chi connectivity index (χ0v) is 14.7. The molecule has 1 fully saturated rings. The third kappa shape index (κ3) is 3.50. The predicted octanol–water partition coefficient (Wildman–Crippen LogP) is 4.51. The largest absolute Gasteiger partial charge is 0.444 e. The fraction of sp³-hybridized carbons (Fsp3) is 0.556. The van der Waals surface area contributed by atoms with E-state index in [9.17, 15) is 9.59 Å². The van der Waals surface area contributed by atoms with Gasteiger partial charge in [-0.25, -0.2) is 4.79 Å². The first kappa shape index (κ1) is 16.2. The molecule has 1 aromatic rings. The van der Waals surface area contributed by atoms with Gasteiger partial charge in [0.05, 0.1) is 10.9 Å². The van der Waals surface area contributed by atoms with Crippen molar-refractivity contribution in [3.63, 3.8) is 0 Å². The highest BCUT2D eigenvalue weighted by Crippen LogP contribution is 2.39. The van der Waals surface area contributed by atoms with E-state index in [0.717, 1.165) is 41.7 Å². The molecule has 2 bridgehead atoms. The first-order valence-electron chi connectivity index (χ1n) is 8.15. The maximum Gasteiger partial charge on any atom is 0.411 e. The van der Waals surface area contributed by atoms with E-state index < -0.39 is 5.60 Å². The van der Waals surface area contributed by atoms with Crippen molar-refractivity contribution >= 4 is 29.3 Å². The van der Waals surface area contributed by atoms with Crippen molar-refractivity contribution < 1.29 is 14.3 Å². The van der Waals surface area contributed by atoms with Crippen LogP contribution in [0.25, 0.3) is 5.57 Å². The lowest BCUT2D eigenvalue weighted by Crippen LogP contribution is -2.52. The van der Waals surface area contributed by atoms with Gasteiger partial charge in [0.2, 0.25) is 0 Å². The summed E-state index contributed by atoms with van der Waals surface area (Å²) in [5.41, 5.74) is 0.791. The third-order valence-electron chi connectivity index (χ3n) is 4.30. The van der Waals surface area contributed by atoms with E-state index in [1.54, 1.807) is 0 Å². The molecule has 0 saturated carbocycles. The first-order valence-corrected chi connectivity index (χ1v) is 8.96. The molecule has 0 aliphatic carbocycles. The number of hydrogen-bond acceptors (Lipinski definition) is 4. The van der Waals surface area contributed by atoms with E-state index >= 15 is 0 Å². The Bertz CT molecular complexity index is 641. The molecule has 1 aromatic heterocycles. The van der Waals surface area contributed by atoms with Crippen molar-refractivity contribution in [2.45, 2.75) is 64.1 Å². The number of rotatable bonds is 2. The van der Waals surface area contributed by atoms with Crippen LogP contribution in [0.15, 0.2) is 18.2 Å². The molecule has 2 atom stereocenters. The normalized spacial score (nSPS) is 24.1. The van der Waals surface area contributed by atoms with Crippen LogP contribution in [0.3, 0.4) is 0 Å². The van der Waals surface area contributed by atoms with Crippen molar-refractivity contribution in [3.05, 3.63) is 28.0 Å². The number of piperidine rings is 1. The Labute approximate surface area is 141 Å². The highest BCUT2D eigenvalue weighted by Gasteiger charge is 2.39. The van der Waals surface area contributed by atoms with Crippen LogP contribution >= 0.6 is 11.3 Å². The SMILES string of the molecule is CC(C)(C)OC(=O)N1C2C=C(c3ccc(C=O)s3)CC1CCC2. The maximum absolute atomic E-state index is 12.6. The lowest BCUT2D eigenvalue weighted by molar-refractivity contribution is 0.0000958. The highest BCUT2D eigenvalue weighted by atomic mass is 32.1. The lowest BCUT2D eigenvalue weighted by Gasteiger charge is -2.45. The van der Waals surface area contributed by atoms with E-state index in [0.29, 0.717) is 0 Å². The number of ether oxygens (including phenoxy) is 1. The zero-order valence-electron chi connectivity index (χ0n) is 13.9. The van der Waals surface area contributed by atoms with Gasteiger partial charge < -0.3 is 4.74 Å². The fourth-order valence-electron chi connectivity index (χ4n) is 3.40. The number of nitrogens with zero attached hydrogens (tertiary/aromatic N) is 1. The molecule has 3 rings (SSSR count). The van der Waals surface area contributed by atoms with Gasteiger partial charge in [-0.3, -0.25) is 9.69 Å². The molecule has 0 radical (unpaired) electrons. The molecule has 124 valence electrons. The van der Waals surface area contributed by atoms with Crippen LogP contribution in [0.4, 0.5) is 4.79 Å². The van der Waals surface area contributed by atoms with E-state index in [4.69, 9.17) is 4.74 Å². The quantitative estimate of drug-likeness (QED) is 0.748. The summed E-state index contributed by atoms with van der Waals surface area (Å²) in [6, 6.07) is 4.18. The number of hydrogen-bond donors (Lipinski definition) is 0. The predicted molar refractivity (Wildman–Crippen MR) is 91.8 cm³/mol. The van der Waals surface area contributed by atoms with Crippen molar-refractivity contribution in [1.29, 1.82) is 0 Å². The fourth-order valence-corrected chi connectivity index (χ4v) is 4.26. The molecule has 2 unspecified atom stereocenters. The summed E-state index contributed by atoms with van der Waals surface area (Å²) >= 11 is 1.53. The molecule has 0 spiro atoms. The molecule has 0 N–H and O–H groups in total. The minimum atomic E-state index is -0.470. The monoisotopic (exact) mass is 333 g/mol. The molecule has 4 nitrogen and oxygen atoms in total. The zero-order chi connectivity index (χ0) is 16.6. The Balaban J connectivity index is 1.84. The van der Waals surface area contributed by atoms with E-state index in [2.05, 4.69) is 6.08 Å². The van der Waals surface area contributed by atoms with Gasteiger partial charge in [0, 0.05) is 10.9 Å². The standard InChI is InChI=1S/C18H23NO3S/c1-18(2,3)22-17(21)19-13-5-4-6-14(19)10-12(9-13)16-8-7-15(11-20)23-16/h7-9,11,13-14H,4-6,10H2,1-3H3. The van der Waals surface area contributed by atoms with Crippen LogP contribution < -0.4 is 0 Å². The second-order valence-electron chi connectivity index (χ2n) is 7.26. The van der Waals surface area contributed by atoms with Crippen molar-refractivity contribution in [2.24, 2.45) is 0 Å². The Morgan fingerprint density at radius 3 is 2.74 bits per heavy atom. The summed E-state index contributed by atoms with van der Waals surface area (Å²) in [6.07, 6.45) is 6.86. The molecular weight excluding hydrogens is 310 g/mol. The molecule has 0 aromatic carbocycles. The second-order valence-corrected chi connectivity index (χ2v) is 8.37. The Morgan fingerprint density at radius 1 is 1.35 bits per heavy atom. The average Bonchev–Trinajstić information content (AvgIpc) is 2.92. The van der Waals surface area contributed by atoms with Gasteiger partial charge in [-0.15, -0.1) is 11.3 Å². The summed E-state index contributed by atoms with van der Waals surface area (Å²) in [5, 5.41) is 0. The first-order chi connectivity index (χ1) is 10.9. The molecular formula is C18H23NO3S. The number of fused-ring (bicyclic) bond motifs is 2. The van der Waals surface area contributed by atoms with Gasteiger partial charge in [0.25, 0.3) is 0 Å². The number of aldehydes is 1. The van der Waals surface area contributed by atoms with Crippen LogP contribution in [-0.2, 0) is 4.74 Å². The number of amides is 1. The third-order valence-corrected chi connectivity index (χ3v) is 5.39. The summed E-state index contributed by atoms with van der Waals surface area (Å²) in [5.74, 6) is 0. The van der Waals surface area contributed by atoms with E-state index in [1.807, 2.05) is 37.8 Å². The van der Waals surface area contributed by atoms with Crippen LogP contribution in [0.1, 0.15) is 61.0 Å². The number of carbonyl (C=O) groups is 2. The van der Waals surface area contributed by atoms with Gasteiger partial charge in [-0.1, -0.05) is 6.08 Å². The van der Waals surface area contributed by atoms with Gasteiger partial charge in [-0.2, -0.15) is 0 Å². The molecule has 1 saturated heterocycles. The topological polar surface area (TPSA) is 46.6 Å². The molecule has 23 heavy (non-hydrogen) atoms. The van der Waals surface area contributed by atoms with Crippen LogP contribution in [0.2, 0.25) is 0 Å². The van der Waals surface area contributed by atoms with Crippen molar-refractivity contribution in [1.82, 2.24) is 4.90 Å². The van der Waals surface area contributed by atoms with Crippen LogP contribution in [-0.4, -0.2) is 35.0 Å². The van der Waals surface area contributed by atoms with Crippen LogP contribution in [0, 0.1) is 0 Å². The van der Waals surface area contributed by atoms with Gasteiger partial charge >= 0.3 is 6.09 Å². The summed E-state index contributed by atoms with van der Waals surface area (Å²) in [6.45, 7) is 5.70. The Kier molecular flexibility index (Phi) is 4.32. The van der Waals surface area contributed by atoms with E-state index in [-0.39, 0.29) is 18.2 Å². The molecule has 2 aliphatic rings. The van der Waals surface area contributed by atoms with E-state index in [1.165, 1.54) is 16.9 Å². The Morgan fingerprint density at radius 2 is 2.13 bits per heavy atom.